The minimum Gasteiger partial charge on any atom is -0.332 e. The van der Waals surface area contributed by atoms with Crippen molar-refractivity contribution < 1.29 is 13.6 Å². The van der Waals surface area contributed by atoms with E-state index in [1.54, 1.807) is 0 Å². The molecule has 1 unspecified atom stereocenters. The van der Waals surface area contributed by atoms with Gasteiger partial charge in [0.1, 0.15) is 0 Å². The van der Waals surface area contributed by atoms with E-state index in [-0.39, 0.29) is 6.04 Å². The van der Waals surface area contributed by atoms with E-state index in [9.17, 15) is 0 Å². The maximum absolute atomic E-state index is 6.28. The maximum Gasteiger partial charge on any atom is 0.207 e. The SMILES string of the molecule is CCOP(Cl)N(CP(=S)(OCC)OCC)C(C)C. The highest BCUT2D eigenvalue weighted by Crippen LogP contribution is 2.56. The number of hydrogen-bond donors (Lipinski definition) is 0. The number of rotatable bonds is 10. The van der Waals surface area contributed by atoms with Crippen LogP contribution in [0.15, 0.2) is 0 Å². The Morgan fingerprint density at radius 3 is 2.00 bits per heavy atom. The molecule has 0 heterocycles. The molecule has 0 aliphatic carbocycles. The Morgan fingerprint density at radius 1 is 1.17 bits per heavy atom. The molecule has 0 fully saturated rings. The van der Waals surface area contributed by atoms with E-state index in [2.05, 4.69) is 13.8 Å². The number of hydrogen-bond acceptors (Lipinski definition) is 5. The highest BCUT2D eigenvalue weighted by atomic mass is 35.7. The predicted molar refractivity (Wildman–Crippen MR) is 83.8 cm³/mol. The van der Waals surface area contributed by atoms with Crippen molar-refractivity contribution in [2.24, 2.45) is 0 Å². The van der Waals surface area contributed by atoms with Gasteiger partial charge in [-0.25, -0.2) is 4.67 Å². The largest absolute Gasteiger partial charge is 0.332 e. The van der Waals surface area contributed by atoms with Crippen LogP contribution in [-0.2, 0) is 25.4 Å². The normalized spacial score (nSPS) is 14.4. The van der Waals surface area contributed by atoms with Gasteiger partial charge in [0.05, 0.1) is 26.1 Å². The second-order valence-electron chi connectivity index (χ2n) is 3.77. The highest BCUT2D eigenvalue weighted by Gasteiger charge is 2.29. The van der Waals surface area contributed by atoms with Crippen LogP contribution in [0.25, 0.3) is 0 Å². The van der Waals surface area contributed by atoms with E-state index < -0.39 is 14.1 Å². The minimum absolute atomic E-state index is 0.239. The van der Waals surface area contributed by atoms with Gasteiger partial charge >= 0.3 is 0 Å². The van der Waals surface area contributed by atoms with Crippen molar-refractivity contribution >= 4 is 37.2 Å². The van der Waals surface area contributed by atoms with E-state index in [4.69, 9.17) is 36.6 Å². The van der Waals surface area contributed by atoms with Gasteiger partial charge in [0.15, 0.2) is 0 Å². The summed E-state index contributed by atoms with van der Waals surface area (Å²) < 4.78 is 18.8. The van der Waals surface area contributed by atoms with Crippen LogP contribution in [0, 0.1) is 0 Å². The van der Waals surface area contributed by atoms with Crippen molar-refractivity contribution in [1.29, 1.82) is 0 Å². The fourth-order valence-corrected chi connectivity index (χ4v) is 7.10. The predicted octanol–water partition coefficient (Wildman–Crippen LogP) is 4.54. The van der Waals surface area contributed by atoms with Crippen LogP contribution in [0.1, 0.15) is 34.6 Å². The van der Waals surface area contributed by atoms with E-state index in [1.165, 1.54) is 0 Å². The van der Waals surface area contributed by atoms with Crippen LogP contribution in [0.4, 0.5) is 0 Å². The molecule has 0 aliphatic heterocycles. The monoisotopic (exact) mass is 335 g/mol. The van der Waals surface area contributed by atoms with Crippen LogP contribution >= 0.6 is 25.4 Å². The maximum atomic E-state index is 6.28. The fourth-order valence-electron chi connectivity index (χ4n) is 1.27. The van der Waals surface area contributed by atoms with Crippen LogP contribution in [0.3, 0.4) is 0 Å². The van der Waals surface area contributed by atoms with Crippen LogP contribution in [0.2, 0.25) is 0 Å². The highest BCUT2D eigenvalue weighted by molar-refractivity contribution is 8.10. The van der Waals surface area contributed by atoms with Gasteiger partial charge in [-0.3, -0.25) is 0 Å². The van der Waals surface area contributed by atoms with Crippen molar-refractivity contribution in [3.05, 3.63) is 0 Å². The second-order valence-corrected chi connectivity index (χ2v) is 9.55. The first-order valence-electron chi connectivity index (χ1n) is 6.13. The molecule has 0 aromatic heterocycles. The first kappa shape index (κ1) is 19.2. The summed E-state index contributed by atoms with van der Waals surface area (Å²) in [5, 5.41) is 0. The third kappa shape index (κ3) is 7.12. The smallest absolute Gasteiger partial charge is 0.207 e. The molecule has 0 N–H and O–H groups in total. The van der Waals surface area contributed by atoms with Gasteiger partial charge in [-0.05, 0) is 57.7 Å². The van der Waals surface area contributed by atoms with Gasteiger partial charge in [0.25, 0.3) is 0 Å². The summed E-state index contributed by atoms with van der Waals surface area (Å²) in [6, 6.07) is 0.239. The van der Waals surface area contributed by atoms with Gasteiger partial charge in [-0.1, -0.05) is 0 Å². The molecule has 0 bridgehead atoms. The Hall–Kier alpha value is 1.21. The molecule has 0 saturated carbocycles. The van der Waals surface area contributed by atoms with E-state index in [1.807, 2.05) is 25.4 Å². The summed E-state index contributed by atoms with van der Waals surface area (Å²) in [4.78, 5) is 0. The average molecular weight is 336 g/mol. The molecule has 0 aromatic rings. The topological polar surface area (TPSA) is 30.9 Å². The Labute approximate surface area is 122 Å². The van der Waals surface area contributed by atoms with Gasteiger partial charge in [-0.15, -0.1) is 0 Å². The van der Waals surface area contributed by atoms with Crippen molar-refractivity contribution in [2.75, 3.05) is 26.1 Å². The molecule has 0 aliphatic rings. The minimum atomic E-state index is -2.30. The lowest BCUT2D eigenvalue weighted by molar-refractivity contribution is 0.248. The molecule has 0 spiro atoms. The van der Waals surface area contributed by atoms with Gasteiger partial charge in [-0.2, -0.15) is 0 Å². The zero-order valence-electron chi connectivity index (χ0n) is 11.8. The first-order chi connectivity index (χ1) is 8.40. The molecule has 4 nitrogen and oxygen atoms in total. The quantitative estimate of drug-likeness (QED) is 0.547. The second kappa shape index (κ2) is 10.0. The Balaban J connectivity index is 4.76. The summed E-state index contributed by atoms with van der Waals surface area (Å²) >= 11 is 11.8. The third-order valence-electron chi connectivity index (χ3n) is 2.00. The molecule has 0 rings (SSSR count). The van der Waals surface area contributed by atoms with E-state index in [0.717, 1.165) is 0 Å². The van der Waals surface area contributed by atoms with Gasteiger partial charge in [0, 0.05) is 6.04 Å². The van der Waals surface area contributed by atoms with Crippen molar-refractivity contribution in [1.82, 2.24) is 4.67 Å². The average Bonchev–Trinajstić information content (AvgIpc) is 2.26. The first-order valence-corrected chi connectivity index (χ1v) is 11.1. The Morgan fingerprint density at radius 2 is 1.67 bits per heavy atom. The summed E-state index contributed by atoms with van der Waals surface area (Å²) in [5.41, 5.74) is 0. The Bertz CT molecular complexity index is 262. The molecule has 1 atom stereocenters. The van der Waals surface area contributed by atoms with Gasteiger partial charge in [0.2, 0.25) is 14.1 Å². The number of halogens is 1. The van der Waals surface area contributed by atoms with E-state index >= 15 is 0 Å². The summed E-state index contributed by atoms with van der Waals surface area (Å²) in [5.74, 6) is 0. The summed E-state index contributed by atoms with van der Waals surface area (Å²) in [6.07, 6.45) is 0.525. The number of nitrogens with zero attached hydrogens (tertiary/aromatic N) is 1. The Kier molecular flexibility index (Phi) is 10.7. The van der Waals surface area contributed by atoms with Crippen LogP contribution in [-0.4, -0.2) is 36.8 Å². The molecule has 18 heavy (non-hydrogen) atoms. The van der Waals surface area contributed by atoms with E-state index in [0.29, 0.717) is 26.1 Å². The van der Waals surface area contributed by atoms with Crippen LogP contribution < -0.4 is 0 Å². The molecule has 110 valence electrons. The lowest BCUT2D eigenvalue weighted by Crippen LogP contribution is -2.27. The van der Waals surface area contributed by atoms with Crippen molar-refractivity contribution in [3.8, 4) is 0 Å². The molecule has 0 aromatic carbocycles. The standard InChI is InChI=1S/C10H24ClNO3P2S/c1-6-13-16(11)12(10(4)5)9-17(18,14-7-2)15-8-3/h10H,6-9H2,1-5H3. The summed E-state index contributed by atoms with van der Waals surface area (Å²) in [6.45, 7) is 9.30. The third-order valence-corrected chi connectivity index (χ3v) is 7.51. The molecule has 0 saturated heterocycles. The fraction of sp³-hybridized carbons (Fsp3) is 1.00. The molecule has 0 radical (unpaired) electrons. The molecular weight excluding hydrogens is 312 g/mol. The summed E-state index contributed by atoms with van der Waals surface area (Å²) in [7, 11) is -1.16. The molecule has 8 heteroatoms. The van der Waals surface area contributed by atoms with Crippen LogP contribution in [0.5, 0.6) is 0 Å². The lowest BCUT2D eigenvalue weighted by Gasteiger charge is -2.33. The van der Waals surface area contributed by atoms with Crippen molar-refractivity contribution in [2.45, 2.75) is 40.7 Å². The van der Waals surface area contributed by atoms with Gasteiger partial charge < -0.3 is 13.6 Å². The lowest BCUT2D eigenvalue weighted by atomic mass is 10.4. The molecule has 0 amide bonds. The zero-order valence-corrected chi connectivity index (χ0v) is 15.1. The molecular formula is C10H24ClNO3P2S. The zero-order chi connectivity index (χ0) is 14.2. The van der Waals surface area contributed by atoms with Crippen molar-refractivity contribution in [3.63, 3.8) is 0 Å².